The molecule has 4 N–H and O–H groups in total. The maximum Gasteiger partial charge on any atom is 0.273 e. The Morgan fingerprint density at radius 3 is 2.76 bits per heavy atom. The lowest BCUT2D eigenvalue weighted by Crippen LogP contribution is -2.27. The number of benzene rings is 1. The normalized spacial score (nSPS) is 20.3. The lowest BCUT2D eigenvalue weighted by atomic mass is 9.99. The topological polar surface area (TPSA) is 160 Å². The summed E-state index contributed by atoms with van der Waals surface area (Å²) in [7, 11) is 1.46. The van der Waals surface area contributed by atoms with Crippen molar-refractivity contribution < 1.29 is 28.3 Å². The number of nitrogens with one attached hydrogen (secondary N) is 3. The number of para-hydroxylation sites is 1. The molecule has 12 nitrogen and oxygen atoms in total. The van der Waals surface area contributed by atoms with Crippen LogP contribution < -0.4 is 20.7 Å². The lowest BCUT2D eigenvalue weighted by molar-refractivity contribution is -0.117. The van der Waals surface area contributed by atoms with Crippen LogP contribution in [0.25, 0.3) is 11.3 Å². The van der Waals surface area contributed by atoms with Gasteiger partial charge in [-0.3, -0.25) is 19.6 Å². The number of carbonyl (C=O) groups excluding carboxylic acids is 2. The van der Waals surface area contributed by atoms with Crippen molar-refractivity contribution in [1.82, 2.24) is 25.5 Å². The third kappa shape index (κ3) is 5.06. The molecule has 2 aliphatic rings. The van der Waals surface area contributed by atoms with E-state index in [1.54, 1.807) is 18.2 Å². The summed E-state index contributed by atoms with van der Waals surface area (Å²) in [5, 5.41) is 26.1. The smallest absolute Gasteiger partial charge is 0.273 e. The first-order valence-electron chi connectivity index (χ1n) is 13.1. The molecule has 1 atom stereocenters. The average Bonchev–Trinajstić information content (AvgIpc) is 3.68. The van der Waals surface area contributed by atoms with E-state index in [0.29, 0.717) is 41.4 Å². The van der Waals surface area contributed by atoms with Crippen molar-refractivity contribution >= 4 is 29.0 Å². The SMILES string of the molecule is [2H]C([2H])([2H])NC(=O)c1nnc(NC(=O)C2CC2)cc1Nc1cccc(-c2cnc(C3(O)CCOC3)cn2)c1OC. The van der Waals surface area contributed by atoms with Gasteiger partial charge in [0.1, 0.15) is 5.60 Å². The van der Waals surface area contributed by atoms with Gasteiger partial charge >= 0.3 is 0 Å². The van der Waals surface area contributed by atoms with E-state index in [1.165, 1.54) is 25.6 Å². The largest absolute Gasteiger partial charge is 0.494 e. The number of ether oxygens (including phenoxy) is 2. The van der Waals surface area contributed by atoms with Gasteiger partial charge in [0.25, 0.3) is 5.91 Å². The first-order chi connectivity index (χ1) is 19.1. The number of hydrogen-bond acceptors (Lipinski definition) is 10. The van der Waals surface area contributed by atoms with Crippen LogP contribution in [0.1, 0.15) is 39.6 Å². The van der Waals surface area contributed by atoms with Gasteiger partial charge in [0.2, 0.25) is 5.91 Å². The fraction of sp³-hybridized carbons (Fsp3) is 0.360. The van der Waals surface area contributed by atoms with Crippen molar-refractivity contribution in [2.45, 2.75) is 24.9 Å². The molecular formula is C25H27N7O5. The Labute approximate surface area is 217 Å². The van der Waals surface area contributed by atoms with Crippen LogP contribution in [0, 0.1) is 5.92 Å². The number of aromatic nitrogens is 4. The van der Waals surface area contributed by atoms with Gasteiger partial charge in [0, 0.05) is 41.7 Å². The molecule has 2 aromatic heterocycles. The van der Waals surface area contributed by atoms with Crippen molar-refractivity contribution in [3.05, 3.63) is 48.0 Å². The van der Waals surface area contributed by atoms with Crippen molar-refractivity contribution in [3.63, 3.8) is 0 Å². The van der Waals surface area contributed by atoms with Crippen LogP contribution in [0.15, 0.2) is 36.7 Å². The Kier molecular flexibility index (Phi) is 5.71. The number of aliphatic hydroxyl groups is 1. The number of carbonyl (C=O) groups is 2. The van der Waals surface area contributed by atoms with Crippen LogP contribution in [0.4, 0.5) is 17.2 Å². The molecule has 0 spiro atoms. The number of amides is 2. The second-order valence-corrected chi connectivity index (χ2v) is 8.84. The Morgan fingerprint density at radius 2 is 2.08 bits per heavy atom. The lowest BCUT2D eigenvalue weighted by Gasteiger charge is -2.20. The van der Waals surface area contributed by atoms with Gasteiger partial charge in [-0.15, -0.1) is 10.2 Å². The Bertz CT molecular complexity index is 1430. The predicted octanol–water partition coefficient (Wildman–Crippen LogP) is 2.00. The van der Waals surface area contributed by atoms with Crippen LogP contribution in [0.3, 0.4) is 0 Å². The van der Waals surface area contributed by atoms with E-state index in [9.17, 15) is 14.7 Å². The third-order valence-electron chi connectivity index (χ3n) is 6.22. The summed E-state index contributed by atoms with van der Waals surface area (Å²) in [6.45, 7) is -2.18. The minimum absolute atomic E-state index is 0.0863. The molecule has 1 unspecified atom stereocenters. The zero-order valence-corrected chi connectivity index (χ0v) is 19.9. The van der Waals surface area contributed by atoms with Gasteiger partial charge in [-0.25, -0.2) is 0 Å². The summed E-state index contributed by atoms with van der Waals surface area (Å²) in [5.74, 6) is -0.857. The molecule has 1 aliphatic carbocycles. The van der Waals surface area contributed by atoms with E-state index in [0.717, 1.165) is 12.8 Å². The second-order valence-electron chi connectivity index (χ2n) is 8.84. The van der Waals surface area contributed by atoms with Gasteiger partial charge < -0.3 is 30.5 Å². The molecule has 3 aromatic rings. The summed E-state index contributed by atoms with van der Waals surface area (Å²) in [6.07, 6.45) is 4.99. The van der Waals surface area contributed by atoms with Crippen LogP contribution in [-0.4, -0.2) is 64.4 Å². The molecule has 0 radical (unpaired) electrons. The molecule has 37 heavy (non-hydrogen) atoms. The number of methoxy groups -OCH3 is 1. The van der Waals surface area contributed by atoms with E-state index in [4.69, 9.17) is 13.6 Å². The standard InChI is InChI=1S/C25H27N7O5/c1-26-24(34)21-17(10-20(31-32-21)30-23(33)14-6-7-14)29-16-5-3-4-15(22(16)36-2)18-11-28-19(12-27-18)25(35)8-9-37-13-25/h3-5,10-12,14,35H,6-9,13H2,1-2H3,(H,26,34)(H2,29,30,31,33)/i1D3. The zero-order valence-electron chi connectivity index (χ0n) is 22.9. The summed E-state index contributed by atoms with van der Waals surface area (Å²) < 4.78 is 33.1. The van der Waals surface area contributed by atoms with Crippen molar-refractivity contribution in [3.8, 4) is 17.0 Å². The summed E-state index contributed by atoms with van der Waals surface area (Å²) in [6, 6.07) is 6.56. The van der Waals surface area contributed by atoms with Gasteiger partial charge in [0.15, 0.2) is 17.3 Å². The van der Waals surface area contributed by atoms with Crippen LogP contribution in [0.5, 0.6) is 5.75 Å². The van der Waals surface area contributed by atoms with Gasteiger partial charge in [-0.1, -0.05) is 6.07 Å². The van der Waals surface area contributed by atoms with Gasteiger partial charge in [-0.2, -0.15) is 0 Å². The molecule has 1 aromatic carbocycles. The first kappa shape index (κ1) is 21.0. The number of hydrogen-bond donors (Lipinski definition) is 4. The molecule has 2 fully saturated rings. The highest BCUT2D eigenvalue weighted by Crippen LogP contribution is 2.38. The number of nitrogens with zero attached hydrogens (tertiary/aromatic N) is 4. The highest BCUT2D eigenvalue weighted by molar-refractivity contribution is 6.00. The highest BCUT2D eigenvalue weighted by Gasteiger charge is 2.36. The van der Waals surface area contributed by atoms with E-state index in [-0.39, 0.29) is 35.6 Å². The summed E-state index contributed by atoms with van der Waals surface area (Å²) >= 11 is 0. The molecule has 12 heteroatoms. The van der Waals surface area contributed by atoms with E-state index in [1.807, 2.05) is 5.32 Å². The molecule has 1 aliphatic heterocycles. The van der Waals surface area contributed by atoms with E-state index >= 15 is 0 Å². The monoisotopic (exact) mass is 508 g/mol. The van der Waals surface area contributed by atoms with Crippen LogP contribution in [-0.2, 0) is 15.1 Å². The molecule has 1 saturated heterocycles. The minimum atomic E-state index is -2.75. The van der Waals surface area contributed by atoms with E-state index < -0.39 is 18.5 Å². The zero-order chi connectivity index (χ0) is 28.5. The Hall–Kier alpha value is -4.16. The second kappa shape index (κ2) is 10.1. The third-order valence-corrected chi connectivity index (χ3v) is 6.22. The highest BCUT2D eigenvalue weighted by atomic mass is 16.5. The predicted molar refractivity (Wildman–Crippen MR) is 133 cm³/mol. The molecule has 5 rings (SSSR count). The molecule has 2 amide bonds. The van der Waals surface area contributed by atoms with Gasteiger partial charge in [-0.05, 0) is 25.0 Å². The molecule has 3 heterocycles. The van der Waals surface area contributed by atoms with Gasteiger partial charge in [0.05, 0.1) is 48.9 Å². The van der Waals surface area contributed by atoms with Crippen molar-refractivity contribution in [2.24, 2.45) is 5.92 Å². The molecule has 1 saturated carbocycles. The number of anilines is 3. The van der Waals surface area contributed by atoms with Crippen LogP contribution in [0.2, 0.25) is 0 Å². The fourth-order valence-electron chi connectivity index (χ4n) is 4.01. The average molecular weight is 509 g/mol. The fourth-order valence-corrected chi connectivity index (χ4v) is 4.01. The Balaban J connectivity index is 1.48. The quantitative estimate of drug-likeness (QED) is 0.354. The van der Waals surface area contributed by atoms with Crippen molar-refractivity contribution in [2.75, 3.05) is 37.9 Å². The molecule has 0 bridgehead atoms. The Morgan fingerprint density at radius 1 is 1.22 bits per heavy atom. The van der Waals surface area contributed by atoms with Crippen molar-refractivity contribution in [1.29, 1.82) is 0 Å². The summed E-state index contributed by atoms with van der Waals surface area (Å²) in [4.78, 5) is 33.9. The summed E-state index contributed by atoms with van der Waals surface area (Å²) in [5.41, 5.74) is 0.398. The maximum atomic E-state index is 12.8. The van der Waals surface area contributed by atoms with Crippen LogP contribution >= 0.6 is 0 Å². The molecular weight excluding hydrogens is 478 g/mol. The minimum Gasteiger partial charge on any atom is -0.494 e. The maximum absolute atomic E-state index is 12.8. The van der Waals surface area contributed by atoms with E-state index in [2.05, 4.69) is 30.8 Å². The first-order valence-corrected chi connectivity index (χ1v) is 11.6. The molecule has 192 valence electrons. The number of rotatable bonds is 8.